The van der Waals surface area contributed by atoms with Gasteiger partial charge in [0.25, 0.3) is 11.8 Å². The van der Waals surface area contributed by atoms with Gasteiger partial charge in [0.15, 0.2) is 0 Å². The van der Waals surface area contributed by atoms with Crippen molar-refractivity contribution in [1.29, 1.82) is 0 Å². The number of allylic oxidation sites excluding steroid dienone is 2. The monoisotopic (exact) mass is 621 g/mol. The fraction of sp³-hybridized carbons (Fsp3) is 0.333. The number of carbonyl (C=O) groups is 4. The van der Waals surface area contributed by atoms with E-state index >= 15 is 4.79 Å². The first kappa shape index (κ1) is 29.6. The van der Waals surface area contributed by atoms with E-state index in [-0.39, 0.29) is 35.5 Å². The number of likely N-dealkylation sites (tertiary alicyclic amines) is 1. The van der Waals surface area contributed by atoms with Crippen molar-refractivity contribution in [2.24, 2.45) is 23.7 Å². The lowest BCUT2D eigenvalue weighted by atomic mass is 9.49. The summed E-state index contributed by atoms with van der Waals surface area (Å²) in [4.78, 5) is 58.0. The minimum absolute atomic E-state index is 0.0949. The van der Waals surface area contributed by atoms with Crippen LogP contribution in [0.25, 0.3) is 0 Å². The Morgan fingerprint density at radius 2 is 1.52 bits per heavy atom. The first-order valence-corrected chi connectivity index (χ1v) is 15.4. The van der Waals surface area contributed by atoms with Gasteiger partial charge < -0.3 is 14.6 Å². The Morgan fingerprint density at radius 1 is 0.870 bits per heavy atom. The zero-order chi connectivity index (χ0) is 32.5. The van der Waals surface area contributed by atoms with E-state index in [9.17, 15) is 19.5 Å². The number of benzene rings is 3. The molecule has 2 aliphatic heterocycles. The van der Waals surface area contributed by atoms with Crippen LogP contribution in [0.1, 0.15) is 35.4 Å². The Hall–Kier alpha value is -5.12. The maximum Gasteiger partial charge on any atom is 0.260 e. The molecule has 1 saturated carbocycles. The fourth-order valence-corrected chi connectivity index (χ4v) is 8.43. The molecule has 3 aromatic rings. The third-order valence-electron chi connectivity index (χ3n) is 10.4. The maximum absolute atomic E-state index is 15.2. The van der Waals surface area contributed by atoms with Crippen LogP contribution in [0.5, 0.6) is 17.2 Å². The number of aryl methyl sites for hydroxylation is 1. The van der Waals surface area contributed by atoms with E-state index in [1.807, 2.05) is 67.6 Å². The zero-order valence-electron chi connectivity index (χ0n) is 26.0. The quantitative estimate of drug-likeness (QED) is 0.308. The van der Waals surface area contributed by atoms with Crippen molar-refractivity contribution in [2.75, 3.05) is 26.7 Å². The van der Waals surface area contributed by atoms with Crippen LogP contribution in [-0.2, 0) is 24.6 Å². The Labute approximate surface area is 266 Å². The number of anilines is 1. The summed E-state index contributed by atoms with van der Waals surface area (Å²) in [5.74, 6) is -4.45. The van der Waals surface area contributed by atoms with E-state index in [0.29, 0.717) is 23.2 Å². The maximum atomic E-state index is 15.2. The first-order chi connectivity index (χ1) is 22.1. The summed E-state index contributed by atoms with van der Waals surface area (Å²) < 4.78 is 11.7. The number of rotatable bonds is 6. The fourth-order valence-electron chi connectivity index (χ4n) is 8.43. The molecule has 2 aliphatic carbocycles. The largest absolute Gasteiger partial charge is 0.508 e. The summed E-state index contributed by atoms with van der Waals surface area (Å²) in [6, 6.07) is 19.5. The van der Waals surface area contributed by atoms with Crippen molar-refractivity contribution < 1.29 is 33.8 Å². The Bertz CT molecular complexity index is 1780. The van der Waals surface area contributed by atoms with Crippen molar-refractivity contribution in [3.63, 3.8) is 0 Å². The molecule has 10 nitrogen and oxygen atoms in total. The normalized spacial score (nSPS) is 28.4. The molecule has 236 valence electrons. The number of carbonyl (C=O) groups excluding carboxylic acids is 4. The van der Waals surface area contributed by atoms with E-state index in [1.165, 1.54) is 38.3 Å². The molecule has 4 amide bonds. The van der Waals surface area contributed by atoms with Gasteiger partial charge in [-0.25, -0.2) is 0 Å². The molecule has 6 unspecified atom stereocenters. The van der Waals surface area contributed by atoms with Crippen LogP contribution in [0.4, 0.5) is 5.69 Å². The number of hydrogen-bond acceptors (Lipinski definition) is 8. The van der Waals surface area contributed by atoms with Crippen LogP contribution in [0, 0.1) is 30.6 Å². The van der Waals surface area contributed by atoms with E-state index in [0.717, 1.165) is 16.1 Å². The Morgan fingerprint density at radius 3 is 2.15 bits per heavy atom. The van der Waals surface area contributed by atoms with Crippen LogP contribution in [-0.4, -0.2) is 59.9 Å². The van der Waals surface area contributed by atoms with Gasteiger partial charge in [-0.1, -0.05) is 59.7 Å². The molecule has 10 heteroatoms. The number of phenols is 1. The predicted octanol–water partition coefficient (Wildman–Crippen LogP) is 4.33. The minimum Gasteiger partial charge on any atom is -0.508 e. The van der Waals surface area contributed by atoms with Crippen LogP contribution >= 0.6 is 0 Å². The molecule has 3 aromatic carbocycles. The second-order valence-corrected chi connectivity index (χ2v) is 12.6. The molecular formula is C36H35N3O7. The summed E-state index contributed by atoms with van der Waals surface area (Å²) in [6.45, 7) is 1.95. The zero-order valence-corrected chi connectivity index (χ0v) is 26.0. The number of nitrogens with one attached hydrogen (secondary N) is 1. The van der Waals surface area contributed by atoms with Crippen molar-refractivity contribution in [1.82, 2.24) is 9.91 Å². The number of aromatic hydroxyl groups is 1. The van der Waals surface area contributed by atoms with Crippen molar-refractivity contribution in [2.45, 2.75) is 31.1 Å². The molecule has 0 spiro atoms. The number of nitrogens with zero attached hydrogens (tertiary/aromatic N) is 2. The third-order valence-corrected chi connectivity index (χ3v) is 10.4. The molecule has 6 atom stereocenters. The van der Waals surface area contributed by atoms with Gasteiger partial charge in [0.2, 0.25) is 11.8 Å². The topological polar surface area (TPSA) is 125 Å². The van der Waals surface area contributed by atoms with Gasteiger partial charge in [-0.15, -0.1) is 0 Å². The minimum atomic E-state index is -1.49. The van der Waals surface area contributed by atoms with E-state index in [2.05, 4.69) is 5.43 Å². The van der Waals surface area contributed by atoms with Crippen molar-refractivity contribution >= 4 is 29.3 Å². The standard InChI is InChI=1S/C36H35N3O7/c1-19-10-12-21(13-11-19)37-39-33(42)26-18-25-23(14-15-24-29(25)34(43)38(2)32(24)41)31(30-27(45-3)16-22(40)17-28(30)46-4)36(26,35(39)44)20-8-6-5-7-9-20/h5-14,16-17,24-26,29,31,37,40H,15,18H2,1-4H3. The molecule has 7 rings (SSSR count). The summed E-state index contributed by atoms with van der Waals surface area (Å²) in [6.07, 6.45) is 2.47. The number of hydrogen-bond donors (Lipinski definition) is 2. The molecule has 0 radical (unpaired) electrons. The van der Waals surface area contributed by atoms with Crippen LogP contribution in [0.3, 0.4) is 0 Å². The van der Waals surface area contributed by atoms with E-state index in [1.54, 1.807) is 0 Å². The number of hydrazine groups is 1. The smallest absolute Gasteiger partial charge is 0.260 e. The summed E-state index contributed by atoms with van der Waals surface area (Å²) in [5.41, 5.74) is 5.08. The lowest BCUT2D eigenvalue weighted by Gasteiger charge is -2.51. The van der Waals surface area contributed by atoms with Crippen molar-refractivity contribution in [3.8, 4) is 17.2 Å². The van der Waals surface area contributed by atoms with Gasteiger partial charge in [-0.05, 0) is 43.4 Å². The molecule has 46 heavy (non-hydrogen) atoms. The van der Waals surface area contributed by atoms with Gasteiger partial charge in [-0.2, -0.15) is 5.01 Å². The van der Waals surface area contributed by atoms with Gasteiger partial charge in [0.1, 0.15) is 17.2 Å². The number of phenolic OH excluding ortho intramolecular Hbond substituents is 1. The molecule has 3 fully saturated rings. The lowest BCUT2D eigenvalue weighted by Crippen LogP contribution is -2.53. The average molecular weight is 622 g/mol. The molecule has 0 aromatic heterocycles. The number of fused-ring (bicyclic) bond motifs is 4. The van der Waals surface area contributed by atoms with Crippen LogP contribution < -0.4 is 14.9 Å². The molecular weight excluding hydrogens is 586 g/mol. The molecule has 2 saturated heterocycles. The number of imide groups is 2. The van der Waals surface area contributed by atoms with Gasteiger partial charge in [-0.3, -0.25) is 29.5 Å². The molecule has 0 bridgehead atoms. The first-order valence-electron chi connectivity index (χ1n) is 15.4. The molecule has 2 N–H and O–H groups in total. The summed E-state index contributed by atoms with van der Waals surface area (Å²) in [5, 5.41) is 11.7. The lowest BCUT2D eigenvalue weighted by molar-refractivity contribution is -0.140. The Kier molecular flexibility index (Phi) is 6.91. The average Bonchev–Trinajstić information content (AvgIpc) is 3.42. The summed E-state index contributed by atoms with van der Waals surface area (Å²) >= 11 is 0. The summed E-state index contributed by atoms with van der Waals surface area (Å²) in [7, 11) is 4.44. The highest BCUT2D eigenvalue weighted by molar-refractivity contribution is 6.13. The highest BCUT2D eigenvalue weighted by Gasteiger charge is 2.71. The van der Waals surface area contributed by atoms with E-state index < -0.39 is 46.8 Å². The highest BCUT2D eigenvalue weighted by Crippen LogP contribution is 2.66. The van der Waals surface area contributed by atoms with Gasteiger partial charge in [0.05, 0.1) is 43.1 Å². The Balaban J connectivity index is 1.52. The number of amides is 4. The van der Waals surface area contributed by atoms with Crippen molar-refractivity contribution in [3.05, 3.63) is 95.1 Å². The van der Waals surface area contributed by atoms with Gasteiger partial charge in [0, 0.05) is 30.7 Å². The predicted molar refractivity (Wildman–Crippen MR) is 168 cm³/mol. The number of ether oxygens (including phenoxy) is 2. The van der Waals surface area contributed by atoms with Crippen LogP contribution in [0.2, 0.25) is 0 Å². The van der Waals surface area contributed by atoms with E-state index in [4.69, 9.17) is 9.47 Å². The number of methoxy groups -OCH3 is 2. The SMILES string of the molecule is COc1cc(O)cc(OC)c1C1C2=CCC3C(=O)N(C)C(=O)C3C2CC2C(=O)N(Nc3ccc(C)cc3)C(=O)C21c1ccccc1. The molecule has 4 aliphatic rings. The van der Waals surface area contributed by atoms with Crippen LogP contribution in [0.15, 0.2) is 78.4 Å². The second-order valence-electron chi connectivity index (χ2n) is 12.6. The third kappa shape index (κ3) is 4.01. The highest BCUT2D eigenvalue weighted by atomic mass is 16.5. The second kappa shape index (κ2) is 10.8. The van der Waals surface area contributed by atoms with Gasteiger partial charge >= 0.3 is 0 Å². The molecule has 2 heterocycles.